The van der Waals surface area contributed by atoms with Crippen LogP contribution in [0.4, 0.5) is 14.5 Å². The van der Waals surface area contributed by atoms with Gasteiger partial charge in [0.2, 0.25) is 0 Å². The fraction of sp³-hybridized carbons (Fsp3) is 0.0952. The number of hydrogen-bond acceptors (Lipinski definition) is 3. The van der Waals surface area contributed by atoms with E-state index in [9.17, 15) is 22.0 Å². The Morgan fingerprint density at radius 2 is 1.60 bits per heavy atom. The number of rotatable bonds is 7. The van der Waals surface area contributed by atoms with E-state index in [1.54, 1.807) is 12.1 Å². The number of nitrogens with one attached hydrogen (secondary N) is 2. The Hall–Kier alpha value is -2.97. The van der Waals surface area contributed by atoms with Crippen molar-refractivity contribution >= 4 is 33.2 Å². The van der Waals surface area contributed by atoms with Gasteiger partial charge in [-0.15, -0.1) is 0 Å². The number of carbonyl (C=O) groups excluding carboxylic acids is 1. The molecule has 0 radical (unpaired) electrons. The molecule has 0 aromatic heterocycles. The summed E-state index contributed by atoms with van der Waals surface area (Å²) in [4.78, 5) is 12.0. The molecule has 0 spiro atoms. The van der Waals surface area contributed by atoms with Gasteiger partial charge in [-0.25, -0.2) is 17.2 Å². The summed E-state index contributed by atoms with van der Waals surface area (Å²) in [6.07, 6.45) is 0.546. The molecule has 0 saturated heterocycles. The minimum absolute atomic E-state index is 0.184. The summed E-state index contributed by atoms with van der Waals surface area (Å²) in [5.41, 5.74) is 1.47. The number of benzene rings is 3. The number of carbonyl (C=O) groups is 1. The third kappa shape index (κ3) is 5.55. The highest BCUT2D eigenvalue weighted by Gasteiger charge is 2.16. The molecule has 3 aromatic carbocycles. The van der Waals surface area contributed by atoms with Gasteiger partial charge >= 0.3 is 0 Å². The smallest absolute Gasteiger partial charge is 0.261 e. The van der Waals surface area contributed by atoms with Crippen LogP contribution >= 0.6 is 11.6 Å². The maximum absolute atomic E-state index is 13.2. The van der Waals surface area contributed by atoms with Crippen molar-refractivity contribution in [3.8, 4) is 0 Å². The van der Waals surface area contributed by atoms with E-state index in [0.717, 1.165) is 23.8 Å². The second-order valence-corrected chi connectivity index (χ2v) is 8.48. The average molecular weight is 451 g/mol. The van der Waals surface area contributed by atoms with Crippen LogP contribution in [0.3, 0.4) is 0 Å². The molecule has 5 nitrogen and oxygen atoms in total. The van der Waals surface area contributed by atoms with Crippen LogP contribution in [0.1, 0.15) is 15.9 Å². The van der Waals surface area contributed by atoms with Gasteiger partial charge in [-0.05, 0) is 66.6 Å². The average Bonchev–Trinajstić information content (AvgIpc) is 2.71. The van der Waals surface area contributed by atoms with Crippen LogP contribution in [0.15, 0.2) is 71.6 Å². The van der Waals surface area contributed by atoms with Crippen molar-refractivity contribution in [3.05, 3.63) is 94.5 Å². The Morgan fingerprint density at radius 3 is 2.23 bits per heavy atom. The van der Waals surface area contributed by atoms with Crippen LogP contribution in [-0.4, -0.2) is 20.9 Å². The van der Waals surface area contributed by atoms with Crippen LogP contribution in [-0.2, 0) is 16.4 Å². The molecular formula is C21H17ClF2N2O3S. The summed E-state index contributed by atoms with van der Waals surface area (Å²) >= 11 is 5.64. The Kier molecular flexibility index (Phi) is 6.69. The van der Waals surface area contributed by atoms with Crippen molar-refractivity contribution < 1.29 is 22.0 Å². The van der Waals surface area contributed by atoms with Crippen molar-refractivity contribution in [1.29, 1.82) is 0 Å². The Labute approximate surface area is 177 Å². The van der Waals surface area contributed by atoms with Gasteiger partial charge in [0.1, 0.15) is 11.6 Å². The fourth-order valence-corrected chi connectivity index (χ4v) is 3.95. The van der Waals surface area contributed by atoms with Gasteiger partial charge in [-0.3, -0.25) is 9.52 Å². The van der Waals surface area contributed by atoms with E-state index in [1.165, 1.54) is 36.4 Å². The largest absolute Gasteiger partial charge is 0.352 e. The summed E-state index contributed by atoms with van der Waals surface area (Å²) in [5.74, 6) is -1.36. The molecule has 2 N–H and O–H groups in total. The molecule has 0 unspecified atom stereocenters. The van der Waals surface area contributed by atoms with Gasteiger partial charge in [-0.1, -0.05) is 23.7 Å². The number of anilines is 1. The minimum atomic E-state index is -3.96. The molecule has 0 aliphatic carbocycles. The highest BCUT2D eigenvalue weighted by Crippen LogP contribution is 2.22. The lowest BCUT2D eigenvalue weighted by Gasteiger charge is -2.10. The van der Waals surface area contributed by atoms with Crippen LogP contribution in [0.5, 0.6) is 0 Å². The molecule has 0 aliphatic heterocycles. The lowest BCUT2D eigenvalue weighted by Crippen LogP contribution is -2.25. The summed E-state index contributed by atoms with van der Waals surface area (Å²) in [5, 5.41) is 2.45. The molecule has 3 rings (SSSR count). The zero-order valence-electron chi connectivity index (χ0n) is 15.5. The molecule has 0 saturated carbocycles. The molecule has 9 heteroatoms. The quantitative estimate of drug-likeness (QED) is 0.560. The van der Waals surface area contributed by atoms with Gasteiger partial charge in [0.05, 0.1) is 9.92 Å². The van der Waals surface area contributed by atoms with E-state index in [2.05, 4.69) is 10.0 Å². The topological polar surface area (TPSA) is 75.3 Å². The molecule has 30 heavy (non-hydrogen) atoms. The molecule has 1 amide bonds. The molecular weight excluding hydrogens is 434 g/mol. The van der Waals surface area contributed by atoms with E-state index < -0.39 is 15.8 Å². The minimum Gasteiger partial charge on any atom is -0.352 e. The van der Waals surface area contributed by atoms with Gasteiger partial charge in [-0.2, -0.15) is 0 Å². The molecule has 156 valence electrons. The van der Waals surface area contributed by atoms with E-state index >= 15 is 0 Å². The van der Waals surface area contributed by atoms with Gasteiger partial charge in [0.15, 0.2) is 0 Å². The molecule has 0 heterocycles. The van der Waals surface area contributed by atoms with E-state index in [1.807, 2.05) is 0 Å². The van der Waals surface area contributed by atoms with Crippen molar-refractivity contribution in [1.82, 2.24) is 5.32 Å². The first kappa shape index (κ1) is 21.7. The number of sulfonamides is 1. The van der Waals surface area contributed by atoms with Crippen LogP contribution in [0.25, 0.3) is 0 Å². The normalized spacial score (nSPS) is 11.2. The molecule has 3 aromatic rings. The molecule has 0 bridgehead atoms. The fourth-order valence-electron chi connectivity index (χ4n) is 2.62. The first-order chi connectivity index (χ1) is 14.2. The summed E-state index contributed by atoms with van der Waals surface area (Å²) in [6, 6.07) is 14.9. The Balaban J connectivity index is 1.59. The predicted octanol–water partition coefficient (Wildman–Crippen LogP) is 4.39. The third-order valence-electron chi connectivity index (χ3n) is 4.21. The Morgan fingerprint density at radius 1 is 0.933 bits per heavy atom. The summed E-state index contributed by atoms with van der Waals surface area (Å²) < 4.78 is 53.2. The molecule has 0 aliphatic rings. The van der Waals surface area contributed by atoms with E-state index in [0.29, 0.717) is 18.5 Å². The van der Waals surface area contributed by atoms with Crippen molar-refractivity contribution in [2.24, 2.45) is 0 Å². The third-order valence-corrected chi connectivity index (χ3v) is 5.88. The van der Waals surface area contributed by atoms with E-state index in [-0.39, 0.29) is 27.3 Å². The van der Waals surface area contributed by atoms with Gasteiger partial charge in [0, 0.05) is 17.8 Å². The van der Waals surface area contributed by atoms with Crippen molar-refractivity contribution in [2.75, 3.05) is 11.3 Å². The maximum atomic E-state index is 13.2. The second kappa shape index (κ2) is 9.23. The van der Waals surface area contributed by atoms with Gasteiger partial charge in [0.25, 0.3) is 15.9 Å². The predicted molar refractivity (Wildman–Crippen MR) is 111 cm³/mol. The van der Waals surface area contributed by atoms with Crippen LogP contribution in [0.2, 0.25) is 5.02 Å². The first-order valence-corrected chi connectivity index (χ1v) is 10.7. The zero-order valence-corrected chi connectivity index (χ0v) is 17.1. The van der Waals surface area contributed by atoms with E-state index in [4.69, 9.17) is 11.6 Å². The lowest BCUT2D eigenvalue weighted by molar-refractivity contribution is 0.0954. The second-order valence-electron chi connectivity index (χ2n) is 6.39. The molecule has 0 fully saturated rings. The number of halogens is 3. The van der Waals surface area contributed by atoms with Gasteiger partial charge < -0.3 is 5.32 Å². The highest BCUT2D eigenvalue weighted by molar-refractivity contribution is 7.92. The summed E-state index contributed by atoms with van der Waals surface area (Å²) in [7, 11) is -3.96. The monoisotopic (exact) mass is 450 g/mol. The van der Waals surface area contributed by atoms with Crippen molar-refractivity contribution in [2.45, 2.75) is 11.3 Å². The number of hydrogen-bond donors (Lipinski definition) is 2. The van der Waals surface area contributed by atoms with Crippen LogP contribution < -0.4 is 10.0 Å². The first-order valence-electron chi connectivity index (χ1n) is 8.85. The van der Waals surface area contributed by atoms with Crippen LogP contribution in [0, 0.1) is 11.6 Å². The number of amides is 1. The maximum Gasteiger partial charge on any atom is 0.261 e. The molecule has 0 atom stereocenters. The van der Waals surface area contributed by atoms with Crippen molar-refractivity contribution in [3.63, 3.8) is 0 Å². The zero-order chi connectivity index (χ0) is 21.7. The lowest BCUT2D eigenvalue weighted by atomic mass is 10.1. The standard InChI is InChI=1S/C21H17ClF2N2O3S/c22-19-13-18(9-10-20(19)24)30(28,29)26-17-7-3-15(4-8-17)21(27)25-12-11-14-1-5-16(23)6-2-14/h1-10,13,26H,11-12H2,(H,25,27). The summed E-state index contributed by atoms with van der Waals surface area (Å²) in [6.45, 7) is 0.365. The highest BCUT2D eigenvalue weighted by atomic mass is 35.5. The Bertz CT molecular complexity index is 1150. The SMILES string of the molecule is O=C(NCCc1ccc(F)cc1)c1ccc(NS(=O)(=O)c2ccc(F)c(Cl)c2)cc1.